The topological polar surface area (TPSA) is 86.9 Å². The Morgan fingerprint density at radius 2 is 2.22 bits per heavy atom. The number of carbonyl (C=O) groups excluding carboxylic acids is 1. The molecular weight excluding hydrogens is 238 g/mol. The summed E-state index contributed by atoms with van der Waals surface area (Å²) in [4.78, 5) is 25.9. The van der Waals surface area contributed by atoms with E-state index in [0.29, 0.717) is 25.4 Å². The number of aromatic nitrogens is 1. The molecule has 2 heterocycles. The van der Waals surface area contributed by atoms with Crippen LogP contribution < -0.4 is 0 Å². The van der Waals surface area contributed by atoms with Crippen LogP contribution in [0.5, 0.6) is 0 Å². The fourth-order valence-electron chi connectivity index (χ4n) is 2.06. The molecule has 18 heavy (non-hydrogen) atoms. The van der Waals surface area contributed by atoms with E-state index in [0.717, 1.165) is 0 Å². The molecule has 0 aromatic carbocycles. The predicted octanol–water partition coefficient (Wildman–Crippen LogP) is 0.807. The average Bonchev–Trinajstić information content (AvgIpc) is 2.74. The van der Waals surface area contributed by atoms with Crippen molar-refractivity contribution < 1.29 is 19.2 Å². The highest BCUT2D eigenvalue weighted by molar-refractivity contribution is 5.92. The molecule has 1 saturated heterocycles. The zero-order chi connectivity index (χ0) is 13.3. The van der Waals surface area contributed by atoms with Crippen LogP contribution in [0.1, 0.15) is 23.2 Å². The summed E-state index contributed by atoms with van der Waals surface area (Å²) in [7, 11) is 0. The number of aryl methyl sites for hydroxylation is 1. The Bertz CT molecular complexity index is 471. The zero-order valence-electron chi connectivity index (χ0n) is 10.3. The molecule has 98 valence electrons. The quantitative estimate of drug-likeness (QED) is 0.800. The zero-order valence-corrected chi connectivity index (χ0v) is 10.3. The van der Waals surface area contributed by atoms with Gasteiger partial charge in [0.1, 0.15) is 5.76 Å². The smallest absolute Gasteiger partial charge is 0.407 e. The first kappa shape index (κ1) is 12.4. The molecule has 1 atom stereocenters. The second-order valence-electron chi connectivity index (χ2n) is 4.40. The first-order chi connectivity index (χ1) is 8.49. The molecule has 1 aliphatic heterocycles. The largest absolute Gasteiger partial charge is 0.465 e. The molecule has 0 aliphatic carbocycles. The van der Waals surface area contributed by atoms with Gasteiger partial charge in [-0.15, -0.1) is 0 Å². The summed E-state index contributed by atoms with van der Waals surface area (Å²) >= 11 is 0. The van der Waals surface area contributed by atoms with Gasteiger partial charge >= 0.3 is 6.09 Å². The highest BCUT2D eigenvalue weighted by Crippen LogP contribution is 2.13. The number of hydrogen-bond donors (Lipinski definition) is 1. The number of carboxylic acid groups (broad SMARTS) is 1. The van der Waals surface area contributed by atoms with E-state index in [2.05, 4.69) is 5.16 Å². The van der Waals surface area contributed by atoms with Gasteiger partial charge in [-0.25, -0.2) is 4.79 Å². The molecule has 1 N–H and O–H groups in total. The minimum Gasteiger partial charge on any atom is -0.465 e. The van der Waals surface area contributed by atoms with Gasteiger partial charge in [0, 0.05) is 31.7 Å². The van der Waals surface area contributed by atoms with E-state index in [4.69, 9.17) is 9.63 Å². The highest BCUT2D eigenvalue weighted by Gasteiger charge is 2.30. The van der Waals surface area contributed by atoms with E-state index >= 15 is 0 Å². The molecule has 0 saturated carbocycles. The Balaban J connectivity index is 2.04. The lowest BCUT2D eigenvalue weighted by Crippen LogP contribution is -2.55. The van der Waals surface area contributed by atoms with E-state index in [1.165, 1.54) is 4.90 Å². The SMILES string of the molecule is Cc1cc(C(=O)N2CCN(C(=O)O)C(C)C2)no1. The van der Waals surface area contributed by atoms with Crippen LogP contribution >= 0.6 is 0 Å². The third-order valence-corrected chi connectivity index (χ3v) is 3.01. The van der Waals surface area contributed by atoms with Crippen molar-refractivity contribution in [2.45, 2.75) is 19.9 Å². The minimum absolute atomic E-state index is 0.215. The van der Waals surface area contributed by atoms with Crippen LogP contribution in [-0.2, 0) is 0 Å². The fraction of sp³-hybridized carbons (Fsp3) is 0.545. The summed E-state index contributed by atoms with van der Waals surface area (Å²) < 4.78 is 4.86. The summed E-state index contributed by atoms with van der Waals surface area (Å²) in [5.74, 6) is 0.360. The van der Waals surface area contributed by atoms with Crippen molar-refractivity contribution in [3.8, 4) is 0 Å². The maximum atomic E-state index is 12.1. The van der Waals surface area contributed by atoms with Crippen LogP contribution in [0.4, 0.5) is 4.79 Å². The molecule has 2 amide bonds. The molecule has 0 spiro atoms. The lowest BCUT2D eigenvalue weighted by Gasteiger charge is -2.37. The number of piperazine rings is 1. The number of nitrogens with zero attached hydrogens (tertiary/aromatic N) is 3. The van der Waals surface area contributed by atoms with E-state index in [-0.39, 0.29) is 17.6 Å². The van der Waals surface area contributed by atoms with Crippen LogP contribution in [0.3, 0.4) is 0 Å². The van der Waals surface area contributed by atoms with Gasteiger partial charge in [-0.2, -0.15) is 0 Å². The van der Waals surface area contributed by atoms with Crippen molar-refractivity contribution in [3.63, 3.8) is 0 Å². The molecule has 1 aromatic rings. The Labute approximate surface area is 104 Å². The summed E-state index contributed by atoms with van der Waals surface area (Å²) in [5, 5.41) is 12.6. The van der Waals surface area contributed by atoms with Crippen molar-refractivity contribution in [2.24, 2.45) is 0 Å². The maximum absolute atomic E-state index is 12.1. The fourth-order valence-corrected chi connectivity index (χ4v) is 2.06. The first-order valence-electron chi connectivity index (χ1n) is 5.71. The number of carbonyl (C=O) groups is 2. The molecule has 7 heteroatoms. The monoisotopic (exact) mass is 253 g/mol. The summed E-state index contributed by atoms with van der Waals surface area (Å²) in [6.07, 6.45) is -0.952. The van der Waals surface area contributed by atoms with Crippen LogP contribution in [0, 0.1) is 6.92 Å². The number of hydrogen-bond acceptors (Lipinski definition) is 4. The Kier molecular flexibility index (Phi) is 3.22. The molecule has 1 aliphatic rings. The van der Waals surface area contributed by atoms with Crippen molar-refractivity contribution in [1.82, 2.24) is 15.0 Å². The van der Waals surface area contributed by atoms with E-state index in [1.807, 2.05) is 0 Å². The van der Waals surface area contributed by atoms with Gasteiger partial charge in [-0.05, 0) is 13.8 Å². The van der Waals surface area contributed by atoms with Crippen LogP contribution in [0.2, 0.25) is 0 Å². The Morgan fingerprint density at radius 3 is 2.72 bits per heavy atom. The van der Waals surface area contributed by atoms with Gasteiger partial charge in [0.2, 0.25) is 0 Å². The molecule has 1 unspecified atom stereocenters. The maximum Gasteiger partial charge on any atom is 0.407 e. The summed E-state index contributed by atoms with van der Waals surface area (Å²) in [6, 6.07) is 1.37. The van der Waals surface area contributed by atoms with Crippen LogP contribution in [-0.4, -0.2) is 57.7 Å². The molecule has 0 bridgehead atoms. The normalized spacial score (nSPS) is 20.0. The third-order valence-electron chi connectivity index (χ3n) is 3.01. The second kappa shape index (κ2) is 4.67. The highest BCUT2D eigenvalue weighted by atomic mass is 16.5. The van der Waals surface area contributed by atoms with E-state index in [9.17, 15) is 9.59 Å². The van der Waals surface area contributed by atoms with Crippen molar-refractivity contribution in [3.05, 3.63) is 17.5 Å². The summed E-state index contributed by atoms with van der Waals surface area (Å²) in [6.45, 7) is 4.56. The van der Waals surface area contributed by atoms with Crippen molar-refractivity contribution in [2.75, 3.05) is 19.6 Å². The molecule has 2 rings (SSSR count). The molecule has 1 fully saturated rings. The standard InChI is InChI=1S/C11H15N3O4/c1-7-6-13(3-4-14(7)11(16)17)10(15)9-5-8(2)18-12-9/h5,7H,3-4,6H2,1-2H3,(H,16,17). The van der Waals surface area contributed by atoms with Crippen molar-refractivity contribution >= 4 is 12.0 Å². The molecule has 7 nitrogen and oxygen atoms in total. The molecule has 0 radical (unpaired) electrons. The predicted molar refractivity (Wildman–Crippen MR) is 61.3 cm³/mol. The number of rotatable bonds is 1. The lowest BCUT2D eigenvalue weighted by atomic mass is 10.2. The van der Waals surface area contributed by atoms with Crippen molar-refractivity contribution in [1.29, 1.82) is 0 Å². The van der Waals surface area contributed by atoms with E-state index < -0.39 is 6.09 Å². The second-order valence-corrected chi connectivity index (χ2v) is 4.40. The number of amides is 2. The molecule has 1 aromatic heterocycles. The molecular formula is C11H15N3O4. The lowest BCUT2D eigenvalue weighted by molar-refractivity contribution is 0.0498. The van der Waals surface area contributed by atoms with Gasteiger partial charge in [0.25, 0.3) is 5.91 Å². The Hall–Kier alpha value is -2.05. The van der Waals surface area contributed by atoms with Gasteiger partial charge in [-0.3, -0.25) is 4.79 Å². The van der Waals surface area contributed by atoms with Gasteiger partial charge in [0.15, 0.2) is 5.69 Å². The van der Waals surface area contributed by atoms with Crippen LogP contribution in [0.25, 0.3) is 0 Å². The van der Waals surface area contributed by atoms with Gasteiger partial charge in [0.05, 0.1) is 0 Å². The third kappa shape index (κ3) is 2.29. The summed E-state index contributed by atoms with van der Waals surface area (Å²) in [5.41, 5.74) is 0.267. The van der Waals surface area contributed by atoms with Crippen LogP contribution in [0.15, 0.2) is 10.6 Å². The van der Waals surface area contributed by atoms with Gasteiger partial charge in [-0.1, -0.05) is 5.16 Å². The minimum atomic E-state index is -0.952. The first-order valence-corrected chi connectivity index (χ1v) is 5.71. The Morgan fingerprint density at radius 1 is 1.50 bits per heavy atom. The average molecular weight is 253 g/mol. The van der Waals surface area contributed by atoms with Gasteiger partial charge < -0.3 is 19.4 Å². The van der Waals surface area contributed by atoms with E-state index in [1.54, 1.807) is 24.8 Å².